The molecule has 0 aromatic heterocycles. The lowest BCUT2D eigenvalue weighted by molar-refractivity contribution is 0.275. The van der Waals surface area contributed by atoms with E-state index in [1.807, 2.05) is 0 Å². The summed E-state index contributed by atoms with van der Waals surface area (Å²) in [6.07, 6.45) is 8.90. The Hall–Kier alpha value is -1.75. The lowest BCUT2D eigenvalue weighted by atomic mass is 10.2. The van der Waals surface area contributed by atoms with Gasteiger partial charge in [-0.25, -0.2) is 15.6 Å². The molecule has 0 aromatic carbocycles. The second kappa shape index (κ2) is 27.6. The van der Waals surface area contributed by atoms with Gasteiger partial charge in [0.1, 0.15) is 0 Å². The van der Waals surface area contributed by atoms with Crippen molar-refractivity contribution in [3.8, 4) is 0 Å². The Morgan fingerprint density at radius 3 is 1.27 bits per heavy atom. The highest BCUT2D eigenvalue weighted by molar-refractivity contribution is 7.45. The van der Waals surface area contributed by atoms with Gasteiger partial charge in [-0.15, -0.1) is 10.2 Å². The van der Waals surface area contributed by atoms with Crippen LogP contribution < -0.4 is 11.7 Å². The molecule has 22 heavy (non-hydrogen) atoms. The second-order valence-electron chi connectivity index (χ2n) is 3.36. The van der Waals surface area contributed by atoms with Crippen LogP contribution in [0.3, 0.4) is 0 Å². The van der Waals surface area contributed by atoms with E-state index < -0.39 is 7.82 Å². The minimum absolute atomic E-state index is 0.944. The lowest BCUT2D eigenvalue weighted by Crippen LogP contribution is -1.75. The van der Waals surface area contributed by atoms with Crippen LogP contribution in [0.5, 0.6) is 0 Å². The third-order valence-electron chi connectivity index (χ3n) is 1.46. The molecule has 0 unspecified atom stereocenters. The van der Waals surface area contributed by atoms with Gasteiger partial charge in [0.2, 0.25) is 0 Å². The molecular formula is C9H27N8O4P. The van der Waals surface area contributed by atoms with Gasteiger partial charge in [-0.05, 0) is 0 Å². The van der Waals surface area contributed by atoms with Gasteiger partial charge in [-0.2, -0.15) is 10.2 Å². The summed E-state index contributed by atoms with van der Waals surface area (Å²) in [5, 5.41) is 11.1. The maximum absolute atomic E-state index is 8.88. The van der Waals surface area contributed by atoms with Gasteiger partial charge in [-0.1, -0.05) is 46.0 Å². The molecule has 9 N–H and O–H groups in total. The normalized spacial score (nSPS) is 9.68. The molecule has 13 heteroatoms. The van der Waals surface area contributed by atoms with Crippen molar-refractivity contribution in [2.75, 3.05) is 0 Å². The molecule has 0 aliphatic heterocycles. The smallest absolute Gasteiger partial charge is 0.322 e. The predicted molar refractivity (Wildman–Crippen MR) is 84.4 cm³/mol. The zero-order valence-corrected chi connectivity index (χ0v) is 13.7. The van der Waals surface area contributed by atoms with Crippen molar-refractivity contribution in [3.63, 3.8) is 0 Å². The average molecular weight is 342 g/mol. The first-order chi connectivity index (χ1) is 10.2. The zero-order chi connectivity index (χ0) is 18.3. The number of unbranched alkanes of at least 4 members (excludes halogenated alkanes) is 4. The molecular weight excluding hydrogens is 315 g/mol. The van der Waals surface area contributed by atoms with Crippen LogP contribution in [0.25, 0.3) is 0 Å². The van der Waals surface area contributed by atoms with Crippen LogP contribution in [0.1, 0.15) is 46.0 Å². The average Bonchev–Trinajstić information content (AvgIpc) is 2.41. The van der Waals surface area contributed by atoms with Gasteiger partial charge in [0, 0.05) is 0 Å². The van der Waals surface area contributed by atoms with E-state index in [1.54, 1.807) is 0 Å². The largest absolute Gasteiger partial charge is 0.466 e. The van der Waals surface area contributed by atoms with Crippen LogP contribution in [0, 0.1) is 11.1 Å². The maximum Gasteiger partial charge on any atom is 0.466 e. The summed E-state index contributed by atoms with van der Waals surface area (Å²) in [7, 11) is -4.64. The fraction of sp³-hybridized carbons (Fsp3) is 0.778. The van der Waals surface area contributed by atoms with Crippen molar-refractivity contribution < 1.29 is 19.2 Å². The maximum atomic E-state index is 8.88. The molecule has 0 heterocycles. The van der Waals surface area contributed by atoms with Crippen molar-refractivity contribution in [3.05, 3.63) is 0 Å². The third-order valence-corrected chi connectivity index (χ3v) is 1.46. The third kappa shape index (κ3) is 139. The number of phosphoric acid groups is 1. The van der Waals surface area contributed by atoms with Gasteiger partial charge >= 0.3 is 7.82 Å². The lowest BCUT2D eigenvalue weighted by Gasteiger charge is -1.90. The number of hydrogen-bond acceptors (Lipinski definition) is 7. The number of rotatable bonds is 6. The molecule has 0 aromatic rings. The number of nitrogens with two attached hydrogens (primary N) is 2. The number of hydrazone groups is 2. The standard InChI is InChI=1S/C7H16.2CH4N4.H3O4P/c1-3-5-7-6-4-2;2*2-4-1-5-3;1-5(2,3)4/h3-7H2,1-2H3;2*1-2H,3H2;(H3,1,2,3,4). The predicted octanol–water partition coefficient (Wildman–Crippen LogP) is 1.89. The molecule has 0 atom stereocenters. The Labute approximate surface area is 129 Å². The summed E-state index contributed by atoms with van der Waals surface area (Å²) in [6.45, 7) is 4.49. The molecule has 0 bridgehead atoms. The molecule has 0 rings (SSSR count). The monoisotopic (exact) mass is 342 g/mol. The first kappa shape index (κ1) is 28.4. The Morgan fingerprint density at radius 1 is 0.909 bits per heavy atom. The summed E-state index contributed by atoms with van der Waals surface area (Å²) in [5.41, 5.74) is 12.0. The van der Waals surface area contributed by atoms with Crippen molar-refractivity contribution in [2.24, 2.45) is 32.1 Å². The Morgan fingerprint density at radius 2 is 1.18 bits per heavy atom. The SMILES string of the molecule is CCCCCCC.N=NC=NN.N=NC=NN.O=P(O)(O)O. The minimum Gasteiger partial charge on any atom is -0.322 e. The Kier molecular flexibility index (Phi) is 35.6. The Bertz CT molecular complexity index is 292. The molecule has 0 aliphatic carbocycles. The summed E-state index contributed by atoms with van der Waals surface area (Å²) < 4.78 is 8.88. The van der Waals surface area contributed by atoms with Crippen LogP contribution in [-0.2, 0) is 4.57 Å². The first-order valence-electron chi connectivity index (χ1n) is 6.19. The summed E-state index contributed by atoms with van der Waals surface area (Å²) in [4.78, 5) is 21.6. The van der Waals surface area contributed by atoms with Crippen LogP contribution in [-0.4, -0.2) is 27.4 Å². The van der Waals surface area contributed by atoms with Crippen molar-refractivity contribution >= 4 is 20.5 Å². The molecule has 0 aliphatic rings. The molecule has 0 amide bonds. The highest BCUT2D eigenvalue weighted by Gasteiger charge is 2.00. The topological polar surface area (TPSA) is 227 Å². The van der Waals surface area contributed by atoms with E-state index in [9.17, 15) is 0 Å². The van der Waals surface area contributed by atoms with Gasteiger partial charge < -0.3 is 26.4 Å². The zero-order valence-electron chi connectivity index (χ0n) is 12.8. The van der Waals surface area contributed by atoms with Crippen LogP contribution in [0.15, 0.2) is 20.4 Å². The van der Waals surface area contributed by atoms with E-state index in [0.29, 0.717) is 0 Å². The highest BCUT2D eigenvalue weighted by atomic mass is 31.2. The molecule has 12 nitrogen and oxygen atoms in total. The Balaban J connectivity index is -0.0000000995. The van der Waals surface area contributed by atoms with E-state index in [-0.39, 0.29) is 0 Å². The quantitative estimate of drug-likeness (QED) is 0.0724. The minimum atomic E-state index is -4.64. The summed E-state index contributed by atoms with van der Waals surface area (Å²) >= 11 is 0. The second-order valence-corrected chi connectivity index (χ2v) is 4.39. The van der Waals surface area contributed by atoms with Crippen molar-refractivity contribution in [2.45, 2.75) is 46.0 Å². The van der Waals surface area contributed by atoms with Crippen molar-refractivity contribution in [1.82, 2.24) is 0 Å². The van der Waals surface area contributed by atoms with E-state index >= 15 is 0 Å². The first-order valence-corrected chi connectivity index (χ1v) is 7.76. The molecule has 0 spiro atoms. The van der Waals surface area contributed by atoms with E-state index in [2.05, 4.69) is 46.0 Å². The van der Waals surface area contributed by atoms with Crippen molar-refractivity contribution in [1.29, 1.82) is 11.1 Å². The summed E-state index contributed by atoms with van der Waals surface area (Å²) in [6, 6.07) is 0. The fourth-order valence-corrected chi connectivity index (χ4v) is 0.743. The van der Waals surface area contributed by atoms with Crippen LogP contribution in [0.4, 0.5) is 0 Å². The van der Waals surface area contributed by atoms with Gasteiger partial charge in [0.05, 0.1) is 0 Å². The number of nitrogens with one attached hydrogen (secondary N) is 2. The molecule has 0 fully saturated rings. The molecule has 0 saturated carbocycles. The molecule has 0 radical (unpaired) electrons. The van der Waals surface area contributed by atoms with E-state index in [4.69, 9.17) is 30.3 Å². The highest BCUT2D eigenvalue weighted by Crippen LogP contribution is 2.25. The van der Waals surface area contributed by atoms with Crippen LogP contribution >= 0.6 is 7.82 Å². The van der Waals surface area contributed by atoms with Crippen LogP contribution in [0.2, 0.25) is 0 Å². The molecule has 0 saturated heterocycles. The van der Waals surface area contributed by atoms with E-state index in [1.165, 1.54) is 32.1 Å². The number of hydrogen-bond donors (Lipinski definition) is 7. The summed E-state index contributed by atoms with van der Waals surface area (Å²) in [5.74, 6) is 8.99. The van der Waals surface area contributed by atoms with Gasteiger partial charge in [-0.3, -0.25) is 0 Å². The molecule has 132 valence electrons. The van der Waals surface area contributed by atoms with Gasteiger partial charge in [0.25, 0.3) is 0 Å². The van der Waals surface area contributed by atoms with E-state index in [0.717, 1.165) is 12.7 Å². The van der Waals surface area contributed by atoms with Gasteiger partial charge in [0.15, 0.2) is 12.7 Å². The fourth-order valence-electron chi connectivity index (χ4n) is 0.743. The number of nitrogens with zero attached hydrogens (tertiary/aromatic N) is 4.